The fourth-order valence-corrected chi connectivity index (χ4v) is 0.885. The van der Waals surface area contributed by atoms with E-state index in [1.807, 2.05) is 0 Å². The Morgan fingerprint density at radius 2 is 2.50 bits per heavy atom. The zero-order valence-corrected chi connectivity index (χ0v) is 8.41. The van der Waals surface area contributed by atoms with Crippen molar-refractivity contribution in [1.82, 2.24) is 5.32 Å². The van der Waals surface area contributed by atoms with E-state index in [0.717, 1.165) is 0 Å². The van der Waals surface area contributed by atoms with Gasteiger partial charge in [0.05, 0.1) is 6.54 Å². The van der Waals surface area contributed by atoms with E-state index in [2.05, 4.69) is 16.4 Å². The molecule has 0 saturated heterocycles. The van der Waals surface area contributed by atoms with Crippen molar-refractivity contribution < 1.29 is 14.7 Å². The van der Waals surface area contributed by atoms with Crippen molar-refractivity contribution in [2.45, 2.75) is 19.4 Å². The summed E-state index contributed by atoms with van der Waals surface area (Å²) in [7, 11) is 0. The van der Waals surface area contributed by atoms with E-state index >= 15 is 0 Å². The van der Waals surface area contributed by atoms with Crippen molar-refractivity contribution >= 4 is 22.9 Å². The number of halogens is 1. The third-order valence-corrected chi connectivity index (χ3v) is 1.44. The molecule has 5 nitrogen and oxygen atoms in total. The lowest BCUT2D eigenvalue weighted by Gasteiger charge is -2.11. The first-order valence-electron chi connectivity index (χ1n) is 3.84. The van der Waals surface area contributed by atoms with Crippen LogP contribution in [0.2, 0.25) is 0 Å². The summed E-state index contributed by atoms with van der Waals surface area (Å²) in [5.41, 5.74) is 0. The molecule has 0 radical (unpaired) electrons. The van der Waals surface area contributed by atoms with Gasteiger partial charge in [-0.1, -0.05) is 22.7 Å². The van der Waals surface area contributed by atoms with Gasteiger partial charge in [0.25, 0.3) is 0 Å². The van der Waals surface area contributed by atoms with Crippen LogP contribution in [-0.2, 0) is 4.74 Å². The summed E-state index contributed by atoms with van der Waals surface area (Å²) in [5.74, 6) is 2.22. The fraction of sp³-hybridized carbons (Fsp3) is 0.500. The molecular formula is C8H11ClN2O3. The summed E-state index contributed by atoms with van der Waals surface area (Å²) in [6.45, 7) is 1.72. The van der Waals surface area contributed by atoms with Crippen LogP contribution in [-0.4, -0.2) is 29.1 Å². The normalized spacial score (nSPS) is 12.8. The number of alkyl carbamates (subject to hydrolysis) is 1. The van der Waals surface area contributed by atoms with Crippen LogP contribution in [0.15, 0.2) is 5.16 Å². The third-order valence-electron chi connectivity index (χ3n) is 1.21. The largest absolute Gasteiger partial charge is 0.446 e. The zero-order valence-electron chi connectivity index (χ0n) is 7.66. The van der Waals surface area contributed by atoms with Gasteiger partial charge in [-0.2, -0.15) is 0 Å². The molecule has 14 heavy (non-hydrogen) atoms. The Morgan fingerprint density at radius 3 is 3.00 bits per heavy atom. The third kappa shape index (κ3) is 6.14. The van der Waals surface area contributed by atoms with Crippen molar-refractivity contribution in [3.05, 3.63) is 0 Å². The van der Waals surface area contributed by atoms with E-state index in [1.54, 1.807) is 6.92 Å². The van der Waals surface area contributed by atoms with Gasteiger partial charge in [0, 0.05) is 6.42 Å². The molecule has 0 aromatic rings. The number of ether oxygens (including phenoxy) is 1. The minimum atomic E-state index is -0.627. The Hall–Kier alpha value is -1.41. The highest BCUT2D eigenvalue weighted by Crippen LogP contribution is 2.02. The van der Waals surface area contributed by atoms with Gasteiger partial charge in [-0.3, -0.25) is 0 Å². The Balaban J connectivity index is 3.77. The van der Waals surface area contributed by atoms with Crippen molar-refractivity contribution in [3.63, 3.8) is 0 Å². The van der Waals surface area contributed by atoms with Gasteiger partial charge in [0.15, 0.2) is 0 Å². The average molecular weight is 219 g/mol. The van der Waals surface area contributed by atoms with E-state index in [-0.39, 0.29) is 18.1 Å². The number of carbonyl (C=O) groups excluding carboxylic acids is 1. The standard InChI is InChI=1S/C8H11ClN2O3/c1-3-4-10-8(12)14-6(2)5-7(9)11-13/h1,6,13H,4-5H2,2H3,(H,10,12). The van der Waals surface area contributed by atoms with Crippen molar-refractivity contribution in [2.75, 3.05) is 6.54 Å². The summed E-state index contributed by atoms with van der Waals surface area (Å²) in [4.78, 5) is 10.9. The van der Waals surface area contributed by atoms with Gasteiger partial charge in [0.1, 0.15) is 11.3 Å². The highest BCUT2D eigenvalue weighted by atomic mass is 35.5. The minimum Gasteiger partial charge on any atom is -0.446 e. The molecule has 0 aromatic carbocycles. The molecule has 1 atom stereocenters. The van der Waals surface area contributed by atoms with E-state index < -0.39 is 12.2 Å². The topological polar surface area (TPSA) is 70.9 Å². The second kappa shape index (κ2) is 7.04. The lowest BCUT2D eigenvalue weighted by atomic mass is 10.3. The molecule has 0 aliphatic carbocycles. The molecule has 1 amide bonds. The Kier molecular flexibility index (Phi) is 6.33. The molecule has 6 heteroatoms. The molecule has 1 unspecified atom stereocenters. The quantitative estimate of drug-likeness (QED) is 0.322. The van der Waals surface area contributed by atoms with E-state index in [0.29, 0.717) is 0 Å². The number of nitrogens with one attached hydrogen (secondary N) is 1. The predicted molar refractivity (Wildman–Crippen MR) is 52.5 cm³/mol. The first-order valence-corrected chi connectivity index (χ1v) is 4.22. The van der Waals surface area contributed by atoms with Gasteiger partial charge in [-0.25, -0.2) is 4.79 Å². The second-order valence-electron chi connectivity index (χ2n) is 2.45. The maximum atomic E-state index is 10.9. The summed E-state index contributed by atoms with van der Waals surface area (Å²) in [6, 6.07) is 0. The molecule has 0 heterocycles. The predicted octanol–water partition coefficient (Wildman–Crippen LogP) is 1.15. The van der Waals surface area contributed by atoms with Gasteiger partial charge >= 0.3 is 6.09 Å². The number of oxime groups is 1. The summed E-state index contributed by atoms with van der Waals surface area (Å²) in [5, 5.41) is 13.3. The second-order valence-corrected chi connectivity index (χ2v) is 2.89. The van der Waals surface area contributed by atoms with Gasteiger partial charge in [-0.05, 0) is 6.92 Å². The van der Waals surface area contributed by atoms with Crippen LogP contribution >= 0.6 is 11.6 Å². The smallest absolute Gasteiger partial charge is 0.408 e. The number of hydrogen-bond acceptors (Lipinski definition) is 4. The van der Waals surface area contributed by atoms with Crippen molar-refractivity contribution in [3.8, 4) is 12.3 Å². The lowest BCUT2D eigenvalue weighted by molar-refractivity contribution is 0.111. The molecule has 0 rings (SSSR count). The molecule has 0 spiro atoms. The van der Waals surface area contributed by atoms with Crippen LogP contribution in [0.5, 0.6) is 0 Å². The van der Waals surface area contributed by atoms with Crippen LogP contribution in [0.1, 0.15) is 13.3 Å². The van der Waals surface area contributed by atoms with E-state index in [1.165, 1.54) is 0 Å². The number of hydrogen-bond donors (Lipinski definition) is 2. The number of nitrogens with zero attached hydrogens (tertiary/aromatic N) is 1. The van der Waals surface area contributed by atoms with E-state index in [9.17, 15) is 4.79 Å². The monoisotopic (exact) mass is 218 g/mol. The van der Waals surface area contributed by atoms with Crippen molar-refractivity contribution in [2.24, 2.45) is 5.16 Å². The molecule has 2 N–H and O–H groups in total. The number of amides is 1. The van der Waals surface area contributed by atoms with Gasteiger partial charge in [0.2, 0.25) is 0 Å². The van der Waals surface area contributed by atoms with Crippen LogP contribution in [0.3, 0.4) is 0 Å². The summed E-state index contributed by atoms with van der Waals surface area (Å²) < 4.78 is 4.80. The molecule has 0 bridgehead atoms. The van der Waals surface area contributed by atoms with Gasteiger partial charge < -0.3 is 15.3 Å². The fourth-order valence-electron chi connectivity index (χ4n) is 0.667. The molecule has 0 aliphatic heterocycles. The first-order chi connectivity index (χ1) is 6.60. The highest BCUT2D eigenvalue weighted by Gasteiger charge is 2.10. The molecular weight excluding hydrogens is 208 g/mol. The van der Waals surface area contributed by atoms with Crippen LogP contribution < -0.4 is 5.32 Å². The maximum Gasteiger partial charge on any atom is 0.408 e. The maximum absolute atomic E-state index is 10.9. The lowest BCUT2D eigenvalue weighted by Crippen LogP contribution is -2.28. The first kappa shape index (κ1) is 12.6. The Labute approximate surface area is 87.1 Å². The van der Waals surface area contributed by atoms with Crippen LogP contribution in [0.25, 0.3) is 0 Å². The van der Waals surface area contributed by atoms with Crippen LogP contribution in [0.4, 0.5) is 4.79 Å². The number of terminal acetylenes is 1. The SMILES string of the molecule is C#CCNC(=O)OC(C)CC(Cl)=NO. The Morgan fingerprint density at radius 1 is 1.86 bits per heavy atom. The molecule has 78 valence electrons. The number of rotatable bonds is 4. The molecule has 0 fully saturated rings. The average Bonchev–Trinajstić information content (AvgIpc) is 2.14. The summed E-state index contributed by atoms with van der Waals surface area (Å²) >= 11 is 5.40. The molecule has 0 saturated carbocycles. The Bertz CT molecular complexity index is 260. The van der Waals surface area contributed by atoms with Crippen molar-refractivity contribution in [1.29, 1.82) is 0 Å². The number of carbonyl (C=O) groups is 1. The molecule has 0 aliphatic rings. The molecule has 0 aromatic heterocycles. The van der Waals surface area contributed by atoms with Gasteiger partial charge in [-0.15, -0.1) is 6.42 Å². The van der Waals surface area contributed by atoms with E-state index in [4.69, 9.17) is 28.0 Å². The summed E-state index contributed by atoms with van der Waals surface area (Å²) in [6.07, 6.45) is 3.97. The minimum absolute atomic E-state index is 0.0257. The zero-order chi connectivity index (χ0) is 11.0. The highest BCUT2D eigenvalue weighted by molar-refractivity contribution is 6.65. The van der Waals surface area contributed by atoms with Crippen LogP contribution in [0, 0.1) is 12.3 Å².